The van der Waals surface area contributed by atoms with Crippen molar-refractivity contribution in [2.24, 2.45) is 0 Å². The summed E-state index contributed by atoms with van der Waals surface area (Å²) in [5.74, 6) is 0. The van der Waals surface area contributed by atoms with Crippen molar-refractivity contribution in [1.82, 2.24) is 0 Å². The molecule has 0 spiro atoms. The van der Waals surface area contributed by atoms with E-state index in [1.807, 2.05) is 0 Å². The van der Waals surface area contributed by atoms with E-state index in [1.54, 1.807) is 0 Å². The second-order valence-corrected chi connectivity index (χ2v) is 2.99. The van der Waals surface area contributed by atoms with Crippen LogP contribution in [0.4, 0.5) is 34.5 Å². The first kappa shape index (κ1) is 23.7. The minimum Gasteiger partial charge on any atom is -0.500 e. The van der Waals surface area contributed by atoms with Crippen LogP contribution in [-0.4, -0.2) is 14.5 Å². The van der Waals surface area contributed by atoms with Crippen LogP contribution in [0.25, 0.3) is 0 Å². The fourth-order valence-electron chi connectivity index (χ4n) is 0.786. The molecule has 0 aliphatic heterocycles. The van der Waals surface area contributed by atoms with Crippen molar-refractivity contribution in [2.75, 3.05) is 0 Å². The summed E-state index contributed by atoms with van der Waals surface area (Å²) in [5, 5.41) is 0. The molecule has 0 amide bonds. The maximum Gasteiger partial charge on any atom is 3.00 e. The largest absolute Gasteiger partial charge is 3.00 e. The third-order valence-electron chi connectivity index (χ3n) is 1.24. The maximum atomic E-state index is 9.75. The molecule has 0 aromatic heterocycles. The Morgan fingerprint density at radius 2 is 1.05 bits per heavy atom. The van der Waals surface area contributed by atoms with Crippen LogP contribution < -0.4 is 0 Å². The third kappa shape index (κ3) is 73.7. The van der Waals surface area contributed by atoms with Gasteiger partial charge in [-0.15, -0.1) is 0 Å². The summed E-state index contributed by atoms with van der Waals surface area (Å²) in [7, 11) is -12.0. The molecule has 19 heavy (non-hydrogen) atoms. The zero-order valence-electron chi connectivity index (χ0n) is 9.57. The molecule has 0 fully saturated rings. The van der Waals surface area contributed by atoms with Crippen LogP contribution in [0.1, 0.15) is 25.7 Å². The van der Waals surface area contributed by atoms with Crippen LogP contribution >= 0.6 is 0 Å². The van der Waals surface area contributed by atoms with E-state index >= 15 is 0 Å². The Bertz CT molecular complexity index is 198. The molecule has 1 aliphatic carbocycles. The van der Waals surface area contributed by atoms with Crippen molar-refractivity contribution in [3.05, 3.63) is 24.3 Å². The van der Waals surface area contributed by atoms with Gasteiger partial charge in [0.05, 0.1) is 0 Å². The number of halogens is 8. The van der Waals surface area contributed by atoms with E-state index < -0.39 is 14.5 Å². The number of allylic oxidation sites excluding steroid dienone is 4. The third-order valence-corrected chi connectivity index (χ3v) is 1.24. The van der Waals surface area contributed by atoms with Gasteiger partial charge >= 0.3 is 34.0 Å². The van der Waals surface area contributed by atoms with E-state index in [0.717, 1.165) is 6.42 Å². The second-order valence-electron chi connectivity index (χ2n) is 2.99. The quantitative estimate of drug-likeness (QED) is 0.237. The van der Waals surface area contributed by atoms with Gasteiger partial charge in [0.15, 0.2) is 0 Å². The van der Waals surface area contributed by atoms with Gasteiger partial charge in [0, 0.05) is 0 Å². The van der Waals surface area contributed by atoms with E-state index in [9.17, 15) is 34.5 Å². The van der Waals surface area contributed by atoms with Crippen LogP contribution in [0.15, 0.2) is 18.2 Å². The predicted octanol–water partition coefficient (Wildman–Crippen LogP) is 5.07. The molecule has 0 unspecified atom stereocenters. The van der Waals surface area contributed by atoms with Gasteiger partial charge in [0.1, 0.15) is 0 Å². The first-order chi connectivity index (χ1) is 8.00. The molecular weight excluding hydrogens is 373 g/mol. The number of hydrogen-bond donors (Lipinski definition) is 0. The zero-order chi connectivity index (χ0) is 14.7. The number of hydrogen-bond acceptors (Lipinski definition) is 0. The Morgan fingerprint density at radius 1 is 0.684 bits per heavy atom. The molecule has 0 N–H and O–H groups in total. The summed E-state index contributed by atoms with van der Waals surface area (Å²) in [6, 6.07) is 0. The van der Waals surface area contributed by atoms with Crippen LogP contribution in [-0.2, 0) is 19.5 Å². The molecule has 0 nitrogen and oxygen atoms in total. The average Bonchev–Trinajstić information content (AvgIpc) is 1.93. The first-order valence-electron chi connectivity index (χ1n) is 4.95. The topological polar surface area (TPSA) is 0 Å². The molecule has 0 saturated carbocycles. The van der Waals surface area contributed by atoms with Crippen molar-refractivity contribution < 1.29 is 54.0 Å². The summed E-state index contributed by atoms with van der Waals surface area (Å²) < 4.78 is 78.0. The fourth-order valence-corrected chi connectivity index (χ4v) is 0.786. The SMILES string of the molecule is F[B-](F)(F)F.F[B-](F)(F)F.[C-]1=CCC/C=C\CC1.[Rh+3]. The molecular formula is C8H11B2F8Rh. The van der Waals surface area contributed by atoms with Gasteiger partial charge < -0.3 is 40.6 Å². The molecule has 0 radical (unpaired) electrons. The Hall–Kier alpha value is -0.327. The molecule has 0 aromatic carbocycles. The molecule has 0 aromatic rings. The normalized spacial score (nSPS) is 16.4. The van der Waals surface area contributed by atoms with Crippen LogP contribution in [0.5, 0.6) is 0 Å². The van der Waals surface area contributed by atoms with Crippen LogP contribution in [0, 0.1) is 6.08 Å². The van der Waals surface area contributed by atoms with Gasteiger partial charge in [-0.05, 0) is 6.42 Å². The molecule has 0 atom stereocenters. The molecule has 0 heterocycles. The summed E-state index contributed by atoms with van der Waals surface area (Å²) in [5.41, 5.74) is 0. The van der Waals surface area contributed by atoms with E-state index in [-0.39, 0.29) is 19.5 Å². The van der Waals surface area contributed by atoms with E-state index in [2.05, 4.69) is 24.3 Å². The minimum absolute atomic E-state index is 0. The summed E-state index contributed by atoms with van der Waals surface area (Å²) in [6.45, 7) is 0. The Kier molecular flexibility index (Phi) is 15.9. The predicted molar refractivity (Wildman–Crippen MR) is 55.8 cm³/mol. The van der Waals surface area contributed by atoms with Gasteiger partial charge in [-0.1, -0.05) is 25.0 Å². The monoisotopic (exact) mass is 384 g/mol. The summed E-state index contributed by atoms with van der Waals surface area (Å²) in [6.07, 6.45) is 14.5. The van der Waals surface area contributed by atoms with Crippen molar-refractivity contribution in [1.29, 1.82) is 0 Å². The van der Waals surface area contributed by atoms with E-state index in [0.29, 0.717) is 0 Å². The van der Waals surface area contributed by atoms with Gasteiger partial charge in [0.25, 0.3) is 0 Å². The van der Waals surface area contributed by atoms with E-state index in [1.165, 1.54) is 19.3 Å². The molecule has 11 heteroatoms. The molecule has 0 saturated heterocycles. The van der Waals surface area contributed by atoms with Crippen molar-refractivity contribution in [2.45, 2.75) is 25.7 Å². The van der Waals surface area contributed by atoms with Gasteiger partial charge in [-0.2, -0.15) is 6.42 Å². The molecule has 0 bridgehead atoms. The minimum atomic E-state index is -6.00. The number of rotatable bonds is 0. The van der Waals surface area contributed by atoms with Gasteiger partial charge in [0.2, 0.25) is 0 Å². The summed E-state index contributed by atoms with van der Waals surface area (Å²) in [4.78, 5) is 0. The second kappa shape index (κ2) is 12.7. The molecule has 1 rings (SSSR count). The van der Waals surface area contributed by atoms with E-state index in [4.69, 9.17) is 0 Å². The standard InChI is InChI=1S/C8H11.2BF4.Rh/c1-2-4-6-8-7-5-3-1;2*2-1(3,4)5;/h1-2,7H,3-6H2;;;/q3*-1;+3/b2-1-;;;. The molecule has 1 aliphatic rings. The molecule has 114 valence electrons. The van der Waals surface area contributed by atoms with Crippen LogP contribution in [0.3, 0.4) is 0 Å². The van der Waals surface area contributed by atoms with Crippen molar-refractivity contribution in [3.8, 4) is 0 Å². The average molecular weight is 384 g/mol. The van der Waals surface area contributed by atoms with Crippen molar-refractivity contribution in [3.63, 3.8) is 0 Å². The fraction of sp³-hybridized carbons (Fsp3) is 0.500. The zero-order valence-corrected chi connectivity index (χ0v) is 11.2. The van der Waals surface area contributed by atoms with Gasteiger partial charge in [-0.25, -0.2) is 0 Å². The maximum absolute atomic E-state index is 9.75. The first-order valence-corrected chi connectivity index (χ1v) is 4.95. The van der Waals surface area contributed by atoms with Crippen LogP contribution in [0.2, 0.25) is 0 Å². The van der Waals surface area contributed by atoms with Crippen molar-refractivity contribution >= 4 is 14.5 Å². The summed E-state index contributed by atoms with van der Waals surface area (Å²) >= 11 is 0. The smallest absolute Gasteiger partial charge is 0.500 e. The Morgan fingerprint density at radius 3 is 1.47 bits per heavy atom. The Labute approximate surface area is 119 Å². The van der Waals surface area contributed by atoms with Gasteiger partial charge in [-0.3, -0.25) is 6.08 Å². The Balaban J connectivity index is -0.000000208.